The first-order chi connectivity index (χ1) is 7.43. The summed E-state index contributed by atoms with van der Waals surface area (Å²) < 4.78 is 11.0. The van der Waals surface area contributed by atoms with E-state index in [4.69, 9.17) is 0 Å². The van der Waals surface area contributed by atoms with E-state index in [1.165, 1.54) is 0 Å². The Balaban J connectivity index is 2.49. The van der Waals surface area contributed by atoms with E-state index in [1.807, 2.05) is 25.7 Å². The van der Waals surface area contributed by atoms with Gasteiger partial charge in [-0.3, -0.25) is 14.3 Å². The summed E-state index contributed by atoms with van der Waals surface area (Å²) in [5.74, 6) is 1.17. The first kappa shape index (κ1) is 13.6. The second kappa shape index (κ2) is 5.77. The van der Waals surface area contributed by atoms with Crippen LogP contribution in [0.5, 0.6) is 0 Å². The third kappa shape index (κ3) is 3.28. The molecule has 0 saturated carbocycles. The molecule has 16 heavy (non-hydrogen) atoms. The molecule has 5 heteroatoms. The van der Waals surface area contributed by atoms with E-state index in [0.717, 1.165) is 6.42 Å². The minimum absolute atomic E-state index is 0.0467. The van der Waals surface area contributed by atoms with Crippen molar-refractivity contribution in [1.29, 1.82) is 0 Å². The zero-order valence-electron chi connectivity index (χ0n) is 10.5. The van der Waals surface area contributed by atoms with Crippen molar-refractivity contribution in [2.75, 3.05) is 18.7 Å². The predicted molar refractivity (Wildman–Crippen MR) is 66.5 cm³/mol. The summed E-state index contributed by atoms with van der Waals surface area (Å²) in [7, 11) is -0.773. The molecule has 4 nitrogen and oxygen atoms in total. The summed E-state index contributed by atoms with van der Waals surface area (Å²) in [4.78, 5) is 13.9. The van der Waals surface area contributed by atoms with Crippen molar-refractivity contribution in [3.8, 4) is 0 Å². The highest BCUT2D eigenvalue weighted by molar-refractivity contribution is 7.84. The standard InChI is InChI=1S/C11H22N2O2S/c1-8(2)10-11(14)13(7-12-10)9(3)5-6-16(4)15/h8-10,12H,5-7H2,1-4H3. The van der Waals surface area contributed by atoms with Crippen LogP contribution in [0.2, 0.25) is 0 Å². The Morgan fingerprint density at radius 3 is 2.56 bits per heavy atom. The van der Waals surface area contributed by atoms with Crippen LogP contribution in [0.25, 0.3) is 0 Å². The van der Waals surface area contributed by atoms with Gasteiger partial charge >= 0.3 is 0 Å². The van der Waals surface area contributed by atoms with Crippen molar-refractivity contribution in [2.45, 2.75) is 39.3 Å². The predicted octanol–water partition coefficient (Wildman–Crippen LogP) is 0.557. The molecule has 0 bridgehead atoms. The van der Waals surface area contributed by atoms with Gasteiger partial charge in [0.25, 0.3) is 0 Å². The number of nitrogens with zero attached hydrogens (tertiary/aromatic N) is 1. The topological polar surface area (TPSA) is 49.4 Å². The quantitative estimate of drug-likeness (QED) is 0.771. The van der Waals surface area contributed by atoms with Crippen LogP contribution in [0.1, 0.15) is 27.2 Å². The minimum Gasteiger partial charge on any atom is -0.326 e. The molecule has 3 unspecified atom stereocenters. The lowest BCUT2D eigenvalue weighted by atomic mass is 10.0. The monoisotopic (exact) mass is 246 g/mol. The van der Waals surface area contributed by atoms with Gasteiger partial charge in [-0.15, -0.1) is 0 Å². The number of hydrogen-bond donors (Lipinski definition) is 1. The molecule has 1 amide bonds. The molecule has 1 rings (SSSR count). The van der Waals surface area contributed by atoms with E-state index in [2.05, 4.69) is 5.32 Å². The van der Waals surface area contributed by atoms with Crippen molar-refractivity contribution >= 4 is 16.7 Å². The lowest BCUT2D eigenvalue weighted by Gasteiger charge is -2.24. The van der Waals surface area contributed by atoms with Gasteiger partial charge in [0.1, 0.15) is 0 Å². The van der Waals surface area contributed by atoms with Crippen LogP contribution in [-0.4, -0.2) is 45.8 Å². The highest BCUT2D eigenvalue weighted by Crippen LogP contribution is 2.16. The van der Waals surface area contributed by atoms with Crippen molar-refractivity contribution in [2.24, 2.45) is 5.92 Å². The molecule has 0 aromatic carbocycles. The van der Waals surface area contributed by atoms with Gasteiger partial charge in [-0.25, -0.2) is 0 Å². The SMILES string of the molecule is CC(C)C1NCN(C(C)CCS(C)=O)C1=O. The highest BCUT2D eigenvalue weighted by atomic mass is 32.2. The number of hydrogen-bond acceptors (Lipinski definition) is 3. The zero-order chi connectivity index (χ0) is 12.3. The van der Waals surface area contributed by atoms with Gasteiger partial charge in [-0.2, -0.15) is 0 Å². The van der Waals surface area contributed by atoms with Gasteiger partial charge in [0.2, 0.25) is 5.91 Å². The fourth-order valence-corrected chi connectivity index (χ4v) is 2.60. The van der Waals surface area contributed by atoms with Crippen LogP contribution in [0, 0.1) is 5.92 Å². The van der Waals surface area contributed by atoms with Crippen LogP contribution in [0.4, 0.5) is 0 Å². The fourth-order valence-electron chi connectivity index (χ4n) is 1.93. The molecule has 1 N–H and O–H groups in total. The van der Waals surface area contributed by atoms with Crippen LogP contribution in [0.15, 0.2) is 0 Å². The Hall–Kier alpha value is -0.420. The van der Waals surface area contributed by atoms with Crippen LogP contribution in [-0.2, 0) is 15.6 Å². The van der Waals surface area contributed by atoms with E-state index in [9.17, 15) is 9.00 Å². The van der Waals surface area contributed by atoms with Gasteiger partial charge < -0.3 is 4.90 Å². The van der Waals surface area contributed by atoms with Gasteiger partial charge in [0, 0.05) is 28.9 Å². The third-order valence-corrected chi connectivity index (χ3v) is 3.86. The Bertz CT molecular complexity index is 281. The summed E-state index contributed by atoms with van der Waals surface area (Å²) in [6.07, 6.45) is 2.51. The maximum atomic E-state index is 12.0. The Kier molecular flexibility index (Phi) is 4.92. The third-order valence-electron chi connectivity index (χ3n) is 3.05. The number of amides is 1. The largest absolute Gasteiger partial charge is 0.326 e. The van der Waals surface area contributed by atoms with E-state index in [1.54, 1.807) is 6.26 Å². The molecular formula is C11H22N2O2S. The summed E-state index contributed by atoms with van der Waals surface area (Å²) in [5.41, 5.74) is 0. The number of nitrogens with one attached hydrogen (secondary N) is 1. The summed E-state index contributed by atoms with van der Waals surface area (Å²) >= 11 is 0. The molecule has 0 spiro atoms. The Morgan fingerprint density at radius 2 is 2.12 bits per heavy atom. The smallest absolute Gasteiger partial charge is 0.241 e. The maximum absolute atomic E-state index is 12.0. The molecule has 0 aliphatic carbocycles. The van der Waals surface area contributed by atoms with Gasteiger partial charge in [0.15, 0.2) is 0 Å². The molecule has 1 heterocycles. The van der Waals surface area contributed by atoms with E-state index in [0.29, 0.717) is 18.3 Å². The Labute approximate surface area is 100 Å². The molecule has 1 saturated heterocycles. The van der Waals surface area contributed by atoms with Crippen molar-refractivity contribution in [3.63, 3.8) is 0 Å². The average molecular weight is 246 g/mol. The zero-order valence-corrected chi connectivity index (χ0v) is 11.3. The van der Waals surface area contributed by atoms with E-state index >= 15 is 0 Å². The summed E-state index contributed by atoms with van der Waals surface area (Å²) in [6.45, 7) is 6.74. The lowest BCUT2D eigenvalue weighted by molar-refractivity contribution is -0.131. The normalized spacial score (nSPS) is 25.2. The Morgan fingerprint density at radius 1 is 1.50 bits per heavy atom. The van der Waals surface area contributed by atoms with Gasteiger partial charge in [0.05, 0.1) is 12.7 Å². The van der Waals surface area contributed by atoms with Crippen molar-refractivity contribution < 1.29 is 9.00 Å². The molecule has 94 valence electrons. The molecule has 0 aromatic rings. The summed E-state index contributed by atoms with van der Waals surface area (Å²) in [5, 5.41) is 3.22. The molecule has 1 aliphatic heterocycles. The molecule has 0 radical (unpaired) electrons. The first-order valence-electron chi connectivity index (χ1n) is 5.77. The van der Waals surface area contributed by atoms with Crippen LogP contribution in [0.3, 0.4) is 0 Å². The van der Waals surface area contributed by atoms with Crippen LogP contribution >= 0.6 is 0 Å². The number of rotatable bonds is 5. The van der Waals surface area contributed by atoms with Crippen molar-refractivity contribution in [1.82, 2.24) is 10.2 Å². The van der Waals surface area contributed by atoms with Crippen LogP contribution < -0.4 is 5.32 Å². The molecule has 0 aromatic heterocycles. The second-order valence-corrected chi connectivity index (χ2v) is 6.36. The number of carbonyl (C=O) groups is 1. The first-order valence-corrected chi connectivity index (χ1v) is 7.50. The average Bonchev–Trinajstić information content (AvgIpc) is 2.56. The number of carbonyl (C=O) groups excluding carboxylic acids is 1. The van der Waals surface area contributed by atoms with Gasteiger partial charge in [-0.05, 0) is 19.3 Å². The molecule has 1 fully saturated rings. The lowest BCUT2D eigenvalue weighted by Crippen LogP contribution is -2.39. The highest BCUT2D eigenvalue weighted by Gasteiger charge is 2.35. The van der Waals surface area contributed by atoms with E-state index in [-0.39, 0.29) is 18.0 Å². The molecule has 3 atom stereocenters. The summed E-state index contributed by atoms with van der Waals surface area (Å²) in [6, 6.07) is 0.127. The second-order valence-electron chi connectivity index (χ2n) is 4.81. The fraction of sp³-hybridized carbons (Fsp3) is 0.909. The maximum Gasteiger partial charge on any atom is 0.241 e. The van der Waals surface area contributed by atoms with E-state index < -0.39 is 10.8 Å². The minimum atomic E-state index is -0.773. The molecule has 1 aliphatic rings. The van der Waals surface area contributed by atoms with Gasteiger partial charge in [-0.1, -0.05) is 13.8 Å². The van der Waals surface area contributed by atoms with Crippen molar-refractivity contribution in [3.05, 3.63) is 0 Å². The molecular weight excluding hydrogens is 224 g/mol.